The Morgan fingerprint density at radius 2 is 1.83 bits per heavy atom. The van der Waals surface area contributed by atoms with Crippen LogP contribution in [0.25, 0.3) is 11.3 Å². The molecule has 2 aliphatic heterocycles. The van der Waals surface area contributed by atoms with E-state index in [9.17, 15) is 8.78 Å². The van der Waals surface area contributed by atoms with Gasteiger partial charge in [0, 0.05) is 62.3 Å². The zero-order valence-corrected chi connectivity index (χ0v) is 19.9. The average molecular weight is 482 g/mol. The first-order valence-electron chi connectivity index (χ1n) is 11.9. The minimum absolute atomic E-state index is 0.0429. The Balaban J connectivity index is 1.37. The molecular weight excluding hydrogens is 452 g/mol. The van der Waals surface area contributed by atoms with Crippen LogP contribution in [0.3, 0.4) is 0 Å². The summed E-state index contributed by atoms with van der Waals surface area (Å²) in [5, 5.41) is 6.36. The Labute approximate surface area is 203 Å². The SMILES string of the molecule is CC(C)N1CCOc2c(F)cc(-c3nc(Nc4ncc(CN5CCNCC5)cn4)ccc3F)cc21. The number of benzene rings is 1. The second kappa shape index (κ2) is 10.1. The number of piperazine rings is 1. The molecule has 10 heteroatoms. The maximum Gasteiger partial charge on any atom is 0.228 e. The Kier molecular flexibility index (Phi) is 6.74. The lowest BCUT2D eigenvalue weighted by atomic mass is 10.1. The van der Waals surface area contributed by atoms with Gasteiger partial charge < -0.3 is 20.3 Å². The quantitative estimate of drug-likeness (QED) is 0.553. The van der Waals surface area contributed by atoms with Crippen LogP contribution in [0.5, 0.6) is 5.75 Å². The Morgan fingerprint density at radius 3 is 2.57 bits per heavy atom. The number of pyridine rings is 1. The van der Waals surface area contributed by atoms with Gasteiger partial charge in [0.1, 0.15) is 23.9 Å². The summed E-state index contributed by atoms with van der Waals surface area (Å²) in [6.07, 6.45) is 3.56. The van der Waals surface area contributed by atoms with Gasteiger partial charge in [-0.25, -0.2) is 23.7 Å². The number of hydrogen-bond donors (Lipinski definition) is 2. The van der Waals surface area contributed by atoms with Gasteiger partial charge in [0.2, 0.25) is 5.95 Å². The highest BCUT2D eigenvalue weighted by molar-refractivity contribution is 5.73. The fourth-order valence-corrected chi connectivity index (χ4v) is 4.43. The normalized spacial score (nSPS) is 16.2. The van der Waals surface area contributed by atoms with Crippen LogP contribution in [-0.2, 0) is 6.54 Å². The standard InChI is InChI=1S/C25H29F2N7O/c1-16(2)34-9-10-35-24-20(27)11-18(12-21(24)34)23-19(26)3-4-22(31-23)32-25-29-13-17(14-30-25)15-33-7-5-28-6-8-33/h3-4,11-14,16,28H,5-10,15H2,1-2H3,(H,29,30,31,32). The molecule has 2 aromatic heterocycles. The number of nitrogens with zero attached hydrogens (tertiary/aromatic N) is 5. The molecule has 35 heavy (non-hydrogen) atoms. The summed E-state index contributed by atoms with van der Waals surface area (Å²) >= 11 is 0. The highest BCUT2D eigenvalue weighted by Crippen LogP contribution is 2.39. The summed E-state index contributed by atoms with van der Waals surface area (Å²) in [5.41, 5.74) is 2.00. The van der Waals surface area contributed by atoms with E-state index < -0.39 is 11.6 Å². The average Bonchev–Trinajstić information content (AvgIpc) is 2.86. The lowest BCUT2D eigenvalue weighted by molar-refractivity contribution is 0.233. The molecule has 4 heterocycles. The van der Waals surface area contributed by atoms with E-state index in [1.165, 1.54) is 18.2 Å². The van der Waals surface area contributed by atoms with Crippen LogP contribution >= 0.6 is 0 Å². The number of nitrogens with one attached hydrogen (secondary N) is 2. The molecule has 1 fully saturated rings. The van der Waals surface area contributed by atoms with Gasteiger partial charge in [-0.15, -0.1) is 0 Å². The molecular formula is C25H29F2N7O. The predicted molar refractivity (Wildman–Crippen MR) is 131 cm³/mol. The fourth-order valence-electron chi connectivity index (χ4n) is 4.43. The van der Waals surface area contributed by atoms with E-state index in [4.69, 9.17) is 4.74 Å². The molecule has 3 aromatic rings. The Morgan fingerprint density at radius 1 is 1.06 bits per heavy atom. The Hall–Kier alpha value is -3.37. The van der Waals surface area contributed by atoms with Gasteiger partial charge in [-0.1, -0.05) is 0 Å². The molecule has 184 valence electrons. The molecule has 0 saturated carbocycles. The third-order valence-electron chi connectivity index (χ3n) is 6.22. The molecule has 0 aliphatic carbocycles. The number of anilines is 3. The van der Waals surface area contributed by atoms with E-state index in [0.717, 1.165) is 38.3 Å². The fraction of sp³-hybridized carbons (Fsp3) is 0.400. The number of hydrogen-bond acceptors (Lipinski definition) is 8. The molecule has 0 unspecified atom stereocenters. The van der Waals surface area contributed by atoms with Crippen LogP contribution in [0, 0.1) is 11.6 Å². The first-order chi connectivity index (χ1) is 17.0. The topological polar surface area (TPSA) is 78.4 Å². The summed E-state index contributed by atoms with van der Waals surface area (Å²) in [5.74, 6) is -0.167. The molecule has 2 N–H and O–H groups in total. The van der Waals surface area contributed by atoms with Gasteiger partial charge in [0.05, 0.1) is 12.2 Å². The summed E-state index contributed by atoms with van der Waals surface area (Å²) in [6, 6.07) is 5.95. The van der Waals surface area contributed by atoms with Crippen molar-refractivity contribution in [1.82, 2.24) is 25.2 Å². The summed E-state index contributed by atoms with van der Waals surface area (Å²) in [6.45, 7) is 9.83. The van der Waals surface area contributed by atoms with Crippen LogP contribution < -0.4 is 20.3 Å². The first-order valence-corrected chi connectivity index (χ1v) is 11.9. The maximum absolute atomic E-state index is 14.9. The monoisotopic (exact) mass is 481 g/mol. The van der Waals surface area contributed by atoms with Crippen molar-refractivity contribution < 1.29 is 13.5 Å². The zero-order valence-electron chi connectivity index (χ0n) is 19.9. The highest BCUT2D eigenvalue weighted by atomic mass is 19.1. The summed E-state index contributed by atoms with van der Waals surface area (Å²) in [4.78, 5) is 17.6. The molecule has 1 aromatic carbocycles. The van der Waals surface area contributed by atoms with Gasteiger partial charge in [-0.3, -0.25) is 4.90 Å². The van der Waals surface area contributed by atoms with Crippen molar-refractivity contribution in [2.75, 3.05) is 49.5 Å². The number of rotatable bonds is 6. The maximum atomic E-state index is 14.9. The highest BCUT2D eigenvalue weighted by Gasteiger charge is 2.25. The van der Waals surface area contributed by atoms with Crippen LogP contribution in [0.2, 0.25) is 0 Å². The predicted octanol–water partition coefficient (Wildman–Crippen LogP) is 3.57. The second-order valence-corrected chi connectivity index (χ2v) is 9.03. The van der Waals surface area contributed by atoms with E-state index in [0.29, 0.717) is 36.2 Å². The van der Waals surface area contributed by atoms with Crippen molar-refractivity contribution in [2.45, 2.75) is 26.4 Å². The molecule has 0 spiro atoms. The minimum atomic E-state index is -0.546. The smallest absolute Gasteiger partial charge is 0.228 e. The lowest BCUT2D eigenvalue weighted by Gasteiger charge is -2.34. The van der Waals surface area contributed by atoms with E-state index in [-0.39, 0.29) is 17.5 Å². The third-order valence-corrected chi connectivity index (χ3v) is 6.22. The van der Waals surface area contributed by atoms with E-state index in [1.54, 1.807) is 18.5 Å². The van der Waals surface area contributed by atoms with Crippen molar-refractivity contribution in [3.8, 4) is 17.0 Å². The molecule has 8 nitrogen and oxygen atoms in total. The van der Waals surface area contributed by atoms with Gasteiger partial charge in [-0.05, 0) is 38.1 Å². The van der Waals surface area contributed by atoms with Gasteiger partial charge in [-0.2, -0.15) is 0 Å². The molecule has 0 atom stereocenters. The van der Waals surface area contributed by atoms with Crippen molar-refractivity contribution in [1.29, 1.82) is 0 Å². The van der Waals surface area contributed by atoms with Crippen molar-refractivity contribution in [3.05, 3.63) is 53.9 Å². The van der Waals surface area contributed by atoms with Crippen LogP contribution in [-0.4, -0.2) is 65.2 Å². The molecule has 0 radical (unpaired) electrons. The van der Waals surface area contributed by atoms with E-state index >= 15 is 0 Å². The molecule has 0 amide bonds. The molecule has 2 aliphatic rings. The van der Waals surface area contributed by atoms with Gasteiger partial charge >= 0.3 is 0 Å². The molecule has 0 bridgehead atoms. The van der Waals surface area contributed by atoms with Crippen molar-refractivity contribution in [3.63, 3.8) is 0 Å². The van der Waals surface area contributed by atoms with Crippen LogP contribution in [0.15, 0.2) is 36.7 Å². The largest absolute Gasteiger partial charge is 0.486 e. The molecule has 5 rings (SSSR count). The van der Waals surface area contributed by atoms with E-state index in [2.05, 4.69) is 30.5 Å². The summed E-state index contributed by atoms with van der Waals surface area (Å²) in [7, 11) is 0. The van der Waals surface area contributed by atoms with Crippen molar-refractivity contribution in [2.24, 2.45) is 0 Å². The van der Waals surface area contributed by atoms with Gasteiger partial charge in [0.25, 0.3) is 0 Å². The van der Waals surface area contributed by atoms with E-state index in [1.807, 2.05) is 18.7 Å². The lowest BCUT2D eigenvalue weighted by Crippen LogP contribution is -2.42. The number of aromatic nitrogens is 3. The van der Waals surface area contributed by atoms with Gasteiger partial charge in [0.15, 0.2) is 11.6 Å². The second-order valence-electron chi connectivity index (χ2n) is 9.03. The number of fused-ring (bicyclic) bond motifs is 1. The summed E-state index contributed by atoms with van der Waals surface area (Å²) < 4.78 is 35.2. The van der Waals surface area contributed by atoms with Crippen LogP contribution in [0.4, 0.5) is 26.2 Å². The Bertz CT molecular complexity index is 1180. The molecule has 1 saturated heterocycles. The third kappa shape index (κ3) is 5.18. The van der Waals surface area contributed by atoms with Crippen LogP contribution in [0.1, 0.15) is 19.4 Å². The minimum Gasteiger partial charge on any atom is -0.486 e. The number of halogens is 2. The first kappa shape index (κ1) is 23.4. The zero-order chi connectivity index (χ0) is 24.4. The van der Waals surface area contributed by atoms with Crippen molar-refractivity contribution >= 4 is 17.5 Å². The number of ether oxygens (including phenoxy) is 1.